The molecular weight excluding hydrogens is 258 g/mol. The molecule has 2 rings (SSSR count). The van der Waals surface area contributed by atoms with Gasteiger partial charge in [-0.3, -0.25) is 0 Å². The molecule has 0 N–H and O–H groups in total. The van der Waals surface area contributed by atoms with Gasteiger partial charge in [0.1, 0.15) is 0 Å². The van der Waals surface area contributed by atoms with Crippen LogP contribution in [-0.4, -0.2) is 4.71 Å². The molecule has 0 aliphatic carbocycles. The summed E-state index contributed by atoms with van der Waals surface area (Å²) in [7, 11) is 0. The Labute approximate surface area is 94.2 Å². The van der Waals surface area contributed by atoms with Gasteiger partial charge in [0, 0.05) is 11.1 Å². The largest absolute Gasteiger partial charge is 0.423 e. The van der Waals surface area contributed by atoms with Crippen molar-refractivity contribution in [3.63, 3.8) is 0 Å². The minimum absolute atomic E-state index is 0.302. The van der Waals surface area contributed by atoms with Gasteiger partial charge in [-0.2, -0.15) is 0 Å². The molecule has 0 saturated carbocycles. The highest BCUT2D eigenvalue weighted by molar-refractivity contribution is 6.47. The van der Waals surface area contributed by atoms with Crippen LogP contribution in [0.1, 0.15) is 0 Å². The van der Waals surface area contributed by atoms with Crippen molar-refractivity contribution in [2.24, 2.45) is 0 Å². The molecule has 0 atom stereocenters. The van der Waals surface area contributed by atoms with E-state index in [1.807, 2.05) is 0 Å². The molecular formula is C7H2Cl4O2. The zero-order chi connectivity index (χ0) is 9.64. The van der Waals surface area contributed by atoms with Gasteiger partial charge in [-0.05, 0) is 29.3 Å². The zero-order valence-corrected chi connectivity index (χ0v) is 9.01. The highest BCUT2D eigenvalue weighted by atomic mass is 35.5. The molecule has 0 unspecified atom stereocenters. The van der Waals surface area contributed by atoms with Crippen LogP contribution in [0.5, 0.6) is 11.5 Å². The van der Waals surface area contributed by atoms with Gasteiger partial charge < -0.3 is 9.47 Å². The van der Waals surface area contributed by atoms with Gasteiger partial charge in [-0.15, -0.1) is 0 Å². The molecule has 0 amide bonds. The van der Waals surface area contributed by atoms with Crippen molar-refractivity contribution in [2.45, 2.75) is 4.71 Å². The lowest BCUT2D eigenvalue weighted by molar-refractivity contribution is 0.0849. The van der Waals surface area contributed by atoms with Crippen LogP contribution >= 0.6 is 46.4 Å². The lowest BCUT2D eigenvalue weighted by Gasteiger charge is -2.09. The highest BCUT2D eigenvalue weighted by Gasteiger charge is 2.39. The molecule has 1 aromatic carbocycles. The van der Waals surface area contributed by atoms with Gasteiger partial charge in [0.05, 0.1) is 5.02 Å². The Bertz CT molecular complexity index is 364. The van der Waals surface area contributed by atoms with Gasteiger partial charge in [-0.1, -0.05) is 23.2 Å². The van der Waals surface area contributed by atoms with Crippen LogP contribution in [0.25, 0.3) is 0 Å². The van der Waals surface area contributed by atoms with Gasteiger partial charge in [-0.25, -0.2) is 0 Å². The number of ether oxygens (including phenoxy) is 2. The fourth-order valence-electron chi connectivity index (χ4n) is 0.979. The summed E-state index contributed by atoms with van der Waals surface area (Å²) in [6, 6.07) is 3.04. The second kappa shape index (κ2) is 2.99. The minimum Gasteiger partial charge on any atom is -0.423 e. The lowest BCUT2D eigenvalue weighted by atomic mass is 10.3. The van der Waals surface area contributed by atoms with Crippen molar-refractivity contribution < 1.29 is 9.47 Å². The van der Waals surface area contributed by atoms with E-state index in [-0.39, 0.29) is 0 Å². The third-order valence-electron chi connectivity index (χ3n) is 1.42. The van der Waals surface area contributed by atoms with E-state index in [9.17, 15) is 0 Å². The molecule has 0 bridgehead atoms. The molecule has 1 heterocycles. The summed E-state index contributed by atoms with van der Waals surface area (Å²) >= 11 is 22.7. The van der Waals surface area contributed by atoms with E-state index in [1.165, 1.54) is 12.1 Å². The van der Waals surface area contributed by atoms with Crippen molar-refractivity contribution in [2.75, 3.05) is 0 Å². The first kappa shape index (κ1) is 9.53. The Kier molecular flexibility index (Phi) is 2.19. The predicted octanol–water partition coefficient (Wildman–Crippen LogP) is 3.85. The predicted molar refractivity (Wildman–Crippen MR) is 52.2 cm³/mol. The molecule has 6 heteroatoms. The van der Waals surface area contributed by atoms with Gasteiger partial charge >= 0.3 is 4.71 Å². The van der Waals surface area contributed by atoms with Crippen LogP contribution in [0.2, 0.25) is 10.0 Å². The summed E-state index contributed by atoms with van der Waals surface area (Å²) in [5.74, 6) is 0.638. The quantitative estimate of drug-likeness (QED) is 0.659. The van der Waals surface area contributed by atoms with Crippen molar-refractivity contribution in [3.05, 3.63) is 22.2 Å². The van der Waals surface area contributed by atoms with Crippen LogP contribution < -0.4 is 9.47 Å². The Hall–Kier alpha value is -0.0200. The Morgan fingerprint density at radius 3 is 2.46 bits per heavy atom. The summed E-state index contributed by atoms with van der Waals surface area (Å²) in [6.07, 6.45) is 0. The molecule has 70 valence electrons. The number of alkyl halides is 2. The highest BCUT2D eigenvalue weighted by Crippen LogP contribution is 2.48. The summed E-state index contributed by atoms with van der Waals surface area (Å²) in [4.78, 5) is 0. The maximum absolute atomic E-state index is 5.80. The second-order valence-electron chi connectivity index (χ2n) is 2.38. The third kappa shape index (κ3) is 1.77. The number of fused-ring (bicyclic) bond motifs is 1. The number of hydrogen-bond acceptors (Lipinski definition) is 2. The average Bonchev–Trinajstić information content (AvgIpc) is 2.23. The number of rotatable bonds is 0. The first-order valence-corrected chi connectivity index (χ1v) is 4.74. The van der Waals surface area contributed by atoms with Gasteiger partial charge in [0.15, 0.2) is 11.5 Å². The van der Waals surface area contributed by atoms with E-state index in [4.69, 9.17) is 55.9 Å². The molecule has 0 fully saturated rings. The Morgan fingerprint density at radius 2 is 1.77 bits per heavy atom. The first-order chi connectivity index (χ1) is 5.98. The number of hydrogen-bond donors (Lipinski definition) is 0. The normalized spacial score (nSPS) is 17.5. The fourth-order valence-corrected chi connectivity index (χ4v) is 1.81. The molecule has 0 saturated heterocycles. The molecule has 1 aliphatic rings. The molecule has 0 spiro atoms. The third-order valence-corrected chi connectivity index (χ3v) is 2.23. The topological polar surface area (TPSA) is 18.5 Å². The second-order valence-corrected chi connectivity index (χ2v) is 4.41. The zero-order valence-electron chi connectivity index (χ0n) is 5.98. The molecule has 1 aromatic rings. The van der Waals surface area contributed by atoms with Crippen LogP contribution in [0.15, 0.2) is 12.1 Å². The summed E-state index contributed by atoms with van der Waals surface area (Å²) in [6.45, 7) is 0. The molecule has 2 nitrogen and oxygen atoms in total. The van der Waals surface area contributed by atoms with Crippen molar-refractivity contribution >= 4 is 46.4 Å². The van der Waals surface area contributed by atoms with Crippen LogP contribution in [0.4, 0.5) is 0 Å². The molecule has 1 aliphatic heterocycles. The van der Waals surface area contributed by atoms with Gasteiger partial charge in [0.25, 0.3) is 0 Å². The minimum atomic E-state index is -1.71. The van der Waals surface area contributed by atoms with E-state index >= 15 is 0 Å². The van der Waals surface area contributed by atoms with Crippen molar-refractivity contribution in [3.8, 4) is 11.5 Å². The van der Waals surface area contributed by atoms with E-state index in [0.29, 0.717) is 21.5 Å². The van der Waals surface area contributed by atoms with E-state index < -0.39 is 4.71 Å². The van der Waals surface area contributed by atoms with Crippen molar-refractivity contribution in [1.82, 2.24) is 0 Å². The summed E-state index contributed by atoms with van der Waals surface area (Å²) in [5.41, 5.74) is 0. The van der Waals surface area contributed by atoms with E-state index in [2.05, 4.69) is 0 Å². The summed E-state index contributed by atoms with van der Waals surface area (Å²) < 4.78 is 8.28. The van der Waals surface area contributed by atoms with E-state index in [1.54, 1.807) is 0 Å². The van der Waals surface area contributed by atoms with Crippen molar-refractivity contribution in [1.29, 1.82) is 0 Å². The molecule has 0 radical (unpaired) electrons. The number of halogens is 4. The first-order valence-electron chi connectivity index (χ1n) is 3.23. The monoisotopic (exact) mass is 258 g/mol. The van der Waals surface area contributed by atoms with Crippen LogP contribution in [-0.2, 0) is 0 Å². The smallest absolute Gasteiger partial charge is 0.419 e. The fraction of sp³-hybridized carbons (Fsp3) is 0.143. The Morgan fingerprint density at radius 1 is 1.08 bits per heavy atom. The lowest BCUT2D eigenvalue weighted by Crippen LogP contribution is -2.22. The van der Waals surface area contributed by atoms with Gasteiger partial charge in [0.2, 0.25) is 0 Å². The Balaban J connectivity index is 2.52. The molecule has 0 aromatic heterocycles. The number of benzene rings is 1. The van der Waals surface area contributed by atoms with E-state index in [0.717, 1.165) is 0 Å². The van der Waals surface area contributed by atoms with Crippen LogP contribution in [0.3, 0.4) is 0 Å². The van der Waals surface area contributed by atoms with Crippen LogP contribution in [0, 0.1) is 0 Å². The summed E-state index contributed by atoms with van der Waals surface area (Å²) in [5, 5.41) is 0.740. The average molecular weight is 260 g/mol. The molecule has 13 heavy (non-hydrogen) atoms. The standard InChI is InChI=1S/C7H2Cl4O2/c8-3-1-4(9)6-5(2-3)12-7(10,11)13-6/h1-2H. The maximum atomic E-state index is 5.80. The maximum Gasteiger partial charge on any atom is 0.419 e. The SMILES string of the molecule is Clc1cc(Cl)c2c(c1)OC(Cl)(Cl)O2.